The number of rotatable bonds is 4. The molecule has 0 saturated heterocycles. The number of nitrogens with one attached hydrogen (secondary N) is 1. The Kier molecular flexibility index (Phi) is 6.33. The van der Waals surface area contributed by atoms with Crippen LogP contribution in [-0.2, 0) is 22.0 Å². The SMILES string of the molecule is Cc1cc(C2(c3cc(C)c(O)c(C)c3)C(=O)Nc3cc(Cc4ccc(C(C)(C)C)cc4)ccc32)cc(C)c1O. The van der Waals surface area contributed by atoms with E-state index in [0.29, 0.717) is 22.3 Å². The van der Waals surface area contributed by atoms with Gasteiger partial charge in [-0.3, -0.25) is 4.79 Å². The summed E-state index contributed by atoms with van der Waals surface area (Å²) >= 11 is 0. The molecule has 4 nitrogen and oxygen atoms in total. The van der Waals surface area contributed by atoms with E-state index < -0.39 is 5.41 Å². The number of hydrogen-bond donors (Lipinski definition) is 3. The second kappa shape index (κ2) is 9.30. The van der Waals surface area contributed by atoms with E-state index in [0.717, 1.165) is 34.4 Å². The van der Waals surface area contributed by atoms with Gasteiger partial charge in [0, 0.05) is 11.3 Å². The van der Waals surface area contributed by atoms with Crippen molar-refractivity contribution in [1.82, 2.24) is 0 Å². The lowest BCUT2D eigenvalue weighted by molar-refractivity contribution is -0.118. The molecule has 0 fully saturated rings. The largest absolute Gasteiger partial charge is 0.507 e. The molecule has 3 N–H and O–H groups in total. The summed E-state index contributed by atoms with van der Waals surface area (Å²) in [4.78, 5) is 14.1. The van der Waals surface area contributed by atoms with Gasteiger partial charge in [0.25, 0.3) is 0 Å². The molecular weight excluding hydrogens is 482 g/mol. The van der Waals surface area contributed by atoms with Gasteiger partial charge in [0.05, 0.1) is 0 Å². The van der Waals surface area contributed by atoms with Crippen molar-refractivity contribution in [2.45, 2.75) is 65.7 Å². The minimum Gasteiger partial charge on any atom is -0.507 e. The Morgan fingerprint density at radius 3 is 1.62 bits per heavy atom. The van der Waals surface area contributed by atoms with Gasteiger partial charge in [-0.05, 0) is 95.7 Å². The fourth-order valence-electron chi connectivity index (χ4n) is 5.91. The van der Waals surface area contributed by atoms with Crippen LogP contribution in [0, 0.1) is 27.7 Å². The lowest BCUT2D eigenvalue weighted by Crippen LogP contribution is -2.37. The van der Waals surface area contributed by atoms with Crippen LogP contribution >= 0.6 is 0 Å². The van der Waals surface area contributed by atoms with Crippen LogP contribution in [0.1, 0.15) is 76.4 Å². The first-order valence-corrected chi connectivity index (χ1v) is 13.5. The van der Waals surface area contributed by atoms with Crippen molar-refractivity contribution >= 4 is 11.6 Å². The molecule has 0 aromatic heterocycles. The number of carbonyl (C=O) groups is 1. The Balaban J connectivity index is 1.66. The van der Waals surface area contributed by atoms with Gasteiger partial charge in [-0.2, -0.15) is 0 Å². The van der Waals surface area contributed by atoms with Crippen molar-refractivity contribution in [3.63, 3.8) is 0 Å². The molecular formula is C35H37NO3. The van der Waals surface area contributed by atoms with Crippen LogP contribution in [0.25, 0.3) is 0 Å². The summed E-state index contributed by atoms with van der Waals surface area (Å²) in [5, 5.41) is 24.2. The number of anilines is 1. The van der Waals surface area contributed by atoms with Gasteiger partial charge in [-0.1, -0.05) is 81.4 Å². The zero-order valence-corrected chi connectivity index (χ0v) is 23.9. The van der Waals surface area contributed by atoms with E-state index in [-0.39, 0.29) is 22.8 Å². The molecule has 0 spiro atoms. The van der Waals surface area contributed by atoms with Gasteiger partial charge in [-0.15, -0.1) is 0 Å². The highest BCUT2D eigenvalue weighted by Crippen LogP contribution is 2.50. The third-order valence-electron chi connectivity index (χ3n) is 8.15. The van der Waals surface area contributed by atoms with Gasteiger partial charge in [-0.25, -0.2) is 0 Å². The summed E-state index contributed by atoms with van der Waals surface area (Å²) in [6.45, 7) is 14.1. The molecule has 0 unspecified atom stereocenters. The van der Waals surface area contributed by atoms with Crippen LogP contribution in [0.3, 0.4) is 0 Å². The summed E-state index contributed by atoms with van der Waals surface area (Å²) in [7, 11) is 0. The number of phenolic OH excluding ortho intramolecular Hbond substituents is 2. The fourth-order valence-corrected chi connectivity index (χ4v) is 5.91. The van der Waals surface area contributed by atoms with Gasteiger partial charge >= 0.3 is 0 Å². The number of fused-ring (bicyclic) bond motifs is 1. The van der Waals surface area contributed by atoms with Crippen LogP contribution in [-0.4, -0.2) is 16.1 Å². The van der Waals surface area contributed by atoms with Crippen molar-refractivity contribution in [3.8, 4) is 11.5 Å². The molecule has 0 aliphatic carbocycles. The quantitative estimate of drug-likeness (QED) is 0.261. The maximum absolute atomic E-state index is 14.1. The predicted octanol–water partition coefficient (Wildman–Crippen LogP) is 7.51. The molecule has 200 valence electrons. The summed E-state index contributed by atoms with van der Waals surface area (Å²) in [6.07, 6.45) is 0.759. The summed E-state index contributed by atoms with van der Waals surface area (Å²) in [6, 6.07) is 22.6. The number of aryl methyl sites for hydroxylation is 4. The van der Waals surface area contributed by atoms with Crippen LogP contribution in [0.15, 0.2) is 66.7 Å². The highest BCUT2D eigenvalue weighted by Gasteiger charge is 2.50. The second-order valence-corrected chi connectivity index (χ2v) is 12.1. The number of benzene rings is 4. The van der Waals surface area contributed by atoms with Gasteiger partial charge in [0.2, 0.25) is 5.91 Å². The van der Waals surface area contributed by atoms with Crippen molar-refractivity contribution in [1.29, 1.82) is 0 Å². The third-order valence-corrected chi connectivity index (χ3v) is 8.15. The highest BCUT2D eigenvalue weighted by atomic mass is 16.3. The zero-order chi connectivity index (χ0) is 28.3. The first-order valence-electron chi connectivity index (χ1n) is 13.5. The van der Waals surface area contributed by atoms with E-state index in [4.69, 9.17) is 0 Å². The van der Waals surface area contributed by atoms with Crippen LogP contribution < -0.4 is 5.32 Å². The molecule has 0 atom stereocenters. The number of aromatic hydroxyl groups is 2. The number of hydrogen-bond acceptors (Lipinski definition) is 3. The van der Waals surface area contributed by atoms with Gasteiger partial charge in [0.15, 0.2) is 0 Å². The van der Waals surface area contributed by atoms with Gasteiger partial charge in [0.1, 0.15) is 16.9 Å². The summed E-state index contributed by atoms with van der Waals surface area (Å²) < 4.78 is 0. The van der Waals surface area contributed by atoms with E-state index >= 15 is 0 Å². The molecule has 4 heteroatoms. The van der Waals surface area contributed by atoms with Gasteiger partial charge < -0.3 is 15.5 Å². The molecule has 0 saturated carbocycles. The number of phenols is 2. The van der Waals surface area contributed by atoms with Crippen LogP contribution in [0.4, 0.5) is 5.69 Å². The van der Waals surface area contributed by atoms with Crippen molar-refractivity contribution in [2.75, 3.05) is 5.32 Å². The van der Waals surface area contributed by atoms with E-state index in [1.807, 2.05) is 52.0 Å². The molecule has 1 aliphatic heterocycles. The van der Waals surface area contributed by atoms with E-state index in [2.05, 4.69) is 68.6 Å². The minimum absolute atomic E-state index is 0.107. The minimum atomic E-state index is -1.12. The normalized spacial score (nSPS) is 14.3. The Morgan fingerprint density at radius 2 is 1.15 bits per heavy atom. The maximum atomic E-state index is 14.1. The zero-order valence-electron chi connectivity index (χ0n) is 23.9. The second-order valence-electron chi connectivity index (χ2n) is 12.1. The van der Waals surface area contributed by atoms with Crippen LogP contribution in [0.2, 0.25) is 0 Å². The van der Waals surface area contributed by atoms with E-state index in [9.17, 15) is 15.0 Å². The first kappa shape index (κ1) is 26.6. The Bertz CT molecular complexity index is 1500. The van der Waals surface area contributed by atoms with Crippen molar-refractivity contribution < 1.29 is 15.0 Å². The lowest BCUT2D eigenvalue weighted by Gasteiger charge is -2.31. The summed E-state index contributed by atoms with van der Waals surface area (Å²) in [5.41, 5.74) is 8.73. The monoisotopic (exact) mass is 519 g/mol. The molecule has 39 heavy (non-hydrogen) atoms. The highest BCUT2D eigenvalue weighted by molar-refractivity contribution is 6.11. The van der Waals surface area contributed by atoms with Crippen molar-refractivity contribution in [2.24, 2.45) is 0 Å². The molecule has 0 radical (unpaired) electrons. The topological polar surface area (TPSA) is 69.6 Å². The van der Waals surface area contributed by atoms with Crippen molar-refractivity contribution in [3.05, 3.63) is 122 Å². The van der Waals surface area contributed by atoms with E-state index in [1.54, 1.807) is 0 Å². The molecule has 5 rings (SSSR count). The first-order chi connectivity index (χ1) is 18.3. The van der Waals surface area contributed by atoms with E-state index in [1.165, 1.54) is 11.1 Å². The Labute approximate surface area is 231 Å². The molecule has 4 aromatic carbocycles. The number of carbonyl (C=O) groups excluding carboxylic acids is 1. The maximum Gasteiger partial charge on any atom is 0.244 e. The summed E-state index contributed by atoms with van der Waals surface area (Å²) in [5.74, 6) is 0.329. The molecule has 1 heterocycles. The predicted molar refractivity (Wildman–Crippen MR) is 158 cm³/mol. The average molecular weight is 520 g/mol. The molecule has 4 aromatic rings. The smallest absolute Gasteiger partial charge is 0.244 e. The Morgan fingerprint density at radius 1 is 0.692 bits per heavy atom. The van der Waals surface area contributed by atoms with Crippen LogP contribution in [0.5, 0.6) is 11.5 Å². The number of amides is 1. The molecule has 1 amide bonds. The lowest BCUT2D eigenvalue weighted by atomic mass is 9.68. The fraction of sp³-hybridized carbons (Fsp3) is 0.286. The standard InChI is InChI=1S/C35H37NO3/c1-20-14-27(15-21(2)31(20)37)35(28-16-22(3)32(38)23(4)17-28)29-13-10-25(19-30(29)36-33(35)39)18-24-8-11-26(12-9-24)34(5,6)7/h8-17,19,37-38H,18H2,1-7H3,(H,36,39). The molecule has 1 aliphatic rings. The average Bonchev–Trinajstić information content (AvgIpc) is 3.16. The Hall–Kier alpha value is -4.05. The third kappa shape index (κ3) is 4.38. The molecule has 0 bridgehead atoms.